The monoisotopic (exact) mass is 353 g/mol. The van der Waals surface area contributed by atoms with Gasteiger partial charge in [-0.15, -0.1) is 0 Å². The van der Waals surface area contributed by atoms with Gasteiger partial charge < -0.3 is 14.4 Å². The van der Waals surface area contributed by atoms with Crippen LogP contribution in [-0.2, 0) is 4.79 Å². The molecule has 1 aliphatic rings. The molecule has 1 heterocycles. The molecule has 1 aliphatic heterocycles. The SMILES string of the molecule is COc1cccc(C2CCCN2C(=O)CCCOc2ccccc2C)c1. The average Bonchev–Trinajstić information content (AvgIpc) is 3.16. The molecule has 0 saturated carbocycles. The number of hydrogen-bond donors (Lipinski definition) is 0. The first kappa shape index (κ1) is 18.3. The Morgan fingerprint density at radius 1 is 1.19 bits per heavy atom. The summed E-state index contributed by atoms with van der Waals surface area (Å²) in [6, 6.07) is 16.2. The number of nitrogens with zero attached hydrogens (tertiary/aromatic N) is 1. The maximum atomic E-state index is 12.7. The van der Waals surface area contributed by atoms with E-state index >= 15 is 0 Å². The van der Waals surface area contributed by atoms with E-state index in [4.69, 9.17) is 9.47 Å². The molecule has 1 saturated heterocycles. The van der Waals surface area contributed by atoms with Gasteiger partial charge in [0.15, 0.2) is 0 Å². The molecule has 0 aromatic heterocycles. The van der Waals surface area contributed by atoms with Crippen molar-refractivity contribution in [2.75, 3.05) is 20.3 Å². The summed E-state index contributed by atoms with van der Waals surface area (Å²) in [6.07, 6.45) is 3.31. The van der Waals surface area contributed by atoms with Crippen LogP contribution in [0.4, 0.5) is 0 Å². The highest BCUT2D eigenvalue weighted by Gasteiger charge is 2.29. The van der Waals surface area contributed by atoms with Crippen LogP contribution in [0.1, 0.15) is 42.9 Å². The van der Waals surface area contributed by atoms with Crippen molar-refractivity contribution in [2.45, 2.75) is 38.6 Å². The molecular weight excluding hydrogens is 326 g/mol. The lowest BCUT2D eigenvalue weighted by Crippen LogP contribution is -2.30. The first-order valence-electron chi connectivity index (χ1n) is 9.31. The molecule has 4 heteroatoms. The van der Waals surface area contributed by atoms with E-state index in [2.05, 4.69) is 6.07 Å². The fourth-order valence-electron chi connectivity index (χ4n) is 3.53. The van der Waals surface area contributed by atoms with E-state index in [0.717, 1.165) is 48.4 Å². The predicted octanol–water partition coefficient (Wildman–Crippen LogP) is 4.53. The maximum Gasteiger partial charge on any atom is 0.223 e. The predicted molar refractivity (Wildman–Crippen MR) is 103 cm³/mol. The Bertz CT molecular complexity index is 744. The molecule has 0 N–H and O–H groups in total. The summed E-state index contributed by atoms with van der Waals surface area (Å²) in [5, 5.41) is 0. The second-order valence-electron chi connectivity index (χ2n) is 6.74. The highest BCUT2D eigenvalue weighted by atomic mass is 16.5. The minimum atomic E-state index is 0.162. The van der Waals surface area contributed by atoms with E-state index in [-0.39, 0.29) is 11.9 Å². The number of carbonyl (C=O) groups is 1. The summed E-state index contributed by atoms with van der Waals surface area (Å²) in [7, 11) is 1.67. The summed E-state index contributed by atoms with van der Waals surface area (Å²) in [6.45, 7) is 3.43. The van der Waals surface area contributed by atoms with Crippen molar-refractivity contribution in [3.63, 3.8) is 0 Å². The quantitative estimate of drug-likeness (QED) is 0.687. The van der Waals surface area contributed by atoms with Gasteiger partial charge in [0.05, 0.1) is 19.8 Å². The fourth-order valence-corrected chi connectivity index (χ4v) is 3.53. The molecule has 1 fully saturated rings. The molecule has 26 heavy (non-hydrogen) atoms. The van der Waals surface area contributed by atoms with Gasteiger partial charge >= 0.3 is 0 Å². The molecule has 0 aliphatic carbocycles. The van der Waals surface area contributed by atoms with Crippen LogP contribution in [-0.4, -0.2) is 31.1 Å². The smallest absolute Gasteiger partial charge is 0.223 e. The lowest BCUT2D eigenvalue weighted by atomic mass is 10.0. The third-order valence-corrected chi connectivity index (χ3v) is 4.94. The summed E-state index contributed by atoms with van der Waals surface area (Å²) in [5.41, 5.74) is 2.28. The minimum Gasteiger partial charge on any atom is -0.497 e. The number of carbonyl (C=O) groups excluding carboxylic acids is 1. The molecule has 3 rings (SSSR count). The number of likely N-dealkylation sites (tertiary alicyclic amines) is 1. The average molecular weight is 353 g/mol. The van der Waals surface area contributed by atoms with Gasteiger partial charge in [-0.2, -0.15) is 0 Å². The number of benzene rings is 2. The van der Waals surface area contributed by atoms with E-state index in [1.807, 2.05) is 54.3 Å². The third-order valence-electron chi connectivity index (χ3n) is 4.94. The zero-order valence-corrected chi connectivity index (χ0v) is 15.6. The Hall–Kier alpha value is -2.49. The van der Waals surface area contributed by atoms with Crippen LogP contribution >= 0.6 is 0 Å². The second kappa shape index (κ2) is 8.75. The highest BCUT2D eigenvalue weighted by molar-refractivity contribution is 5.77. The molecule has 0 bridgehead atoms. The standard InChI is InChI=1S/C22H27NO3/c1-17-8-3-4-12-21(17)26-15-7-13-22(24)23-14-6-11-20(23)18-9-5-10-19(16-18)25-2/h3-5,8-10,12,16,20H,6-7,11,13-15H2,1-2H3. The van der Waals surface area contributed by atoms with Crippen LogP contribution in [0.3, 0.4) is 0 Å². The fraction of sp³-hybridized carbons (Fsp3) is 0.409. The Kier molecular flexibility index (Phi) is 6.16. The first-order chi connectivity index (χ1) is 12.7. The second-order valence-corrected chi connectivity index (χ2v) is 6.74. The van der Waals surface area contributed by atoms with Gasteiger partial charge in [-0.3, -0.25) is 4.79 Å². The third kappa shape index (κ3) is 4.37. The number of amides is 1. The molecular formula is C22H27NO3. The Morgan fingerprint density at radius 2 is 2.04 bits per heavy atom. The van der Waals surface area contributed by atoms with Crippen molar-refractivity contribution in [1.82, 2.24) is 4.90 Å². The summed E-state index contributed by atoms with van der Waals surface area (Å²) in [5.74, 6) is 1.95. The topological polar surface area (TPSA) is 38.8 Å². The van der Waals surface area contributed by atoms with E-state index in [0.29, 0.717) is 13.0 Å². The van der Waals surface area contributed by atoms with Gasteiger partial charge in [0.2, 0.25) is 5.91 Å². The van der Waals surface area contributed by atoms with Crippen molar-refractivity contribution in [3.05, 3.63) is 59.7 Å². The number of aryl methyl sites for hydroxylation is 1. The van der Waals surface area contributed by atoms with Crippen LogP contribution in [0.25, 0.3) is 0 Å². The summed E-state index contributed by atoms with van der Waals surface area (Å²) < 4.78 is 11.1. The van der Waals surface area contributed by atoms with E-state index in [1.54, 1.807) is 7.11 Å². The Morgan fingerprint density at radius 3 is 2.85 bits per heavy atom. The summed E-state index contributed by atoms with van der Waals surface area (Å²) in [4.78, 5) is 14.7. The lowest BCUT2D eigenvalue weighted by molar-refractivity contribution is -0.132. The molecule has 138 valence electrons. The lowest BCUT2D eigenvalue weighted by Gasteiger charge is -2.25. The van der Waals surface area contributed by atoms with Crippen molar-refractivity contribution in [3.8, 4) is 11.5 Å². The number of para-hydroxylation sites is 1. The molecule has 4 nitrogen and oxygen atoms in total. The minimum absolute atomic E-state index is 0.162. The number of ether oxygens (including phenoxy) is 2. The highest BCUT2D eigenvalue weighted by Crippen LogP contribution is 2.34. The molecule has 1 amide bonds. The van der Waals surface area contributed by atoms with Gasteiger partial charge in [-0.25, -0.2) is 0 Å². The zero-order chi connectivity index (χ0) is 18.4. The van der Waals surface area contributed by atoms with E-state index in [9.17, 15) is 4.79 Å². The van der Waals surface area contributed by atoms with Crippen LogP contribution in [0.2, 0.25) is 0 Å². The number of methoxy groups -OCH3 is 1. The van der Waals surface area contributed by atoms with Crippen LogP contribution in [0.5, 0.6) is 11.5 Å². The molecule has 1 unspecified atom stereocenters. The number of hydrogen-bond acceptors (Lipinski definition) is 3. The van der Waals surface area contributed by atoms with Crippen molar-refractivity contribution in [2.24, 2.45) is 0 Å². The Labute approximate surface area is 155 Å². The Balaban J connectivity index is 1.52. The molecule has 2 aromatic carbocycles. The van der Waals surface area contributed by atoms with Crippen LogP contribution in [0, 0.1) is 6.92 Å². The van der Waals surface area contributed by atoms with Gasteiger partial charge in [0.25, 0.3) is 0 Å². The van der Waals surface area contributed by atoms with Crippen molar-refractivity contribution < 1.29 is 14.3 Å². The van der Waals surface area contributed by atoms with E-state index in [1.165, 1.54) is 0 Å². The van der Waals surface area contributed by atoms with Crippen molar-refractivity contribution >= 4 is 5.91 Å². The molecule has 1 atom stereocenters. The molecule has 0 spiro atoms. The molecule has 2 aromatic rings. The van der Waals surface area contributed by atoms with Crippen molar-refractivity contribution in [1.29, 1.82) is 0 Å². The van der Waals surface area contributed by atoms with Gasteiger partial charge in [0.1, 0.15) is 11.5 Å². The van der Waals surface area contributed by atoms with Gasteiger partial charge in [-0.1, -0.05) is 30.3 Å². The van der Waals surface area contributed by atoms with Crippen LogP contribution in [0.15, 0.2) is 48.5 Å². The van der Waals surface area contributed by atoms with E-state index < -0.39 is 0 Å². The maximum absolute atomic E-state index is 12.7. The van der Waals surface area contributed by atoms with Gasteiger partial charge in [-0.05, 0) is 55.5 Å². The normalized spacial score (nSPS) is 16.5. The number of rotatable bonds is 7. The summed E-state index contributed by atoms with van der Waals surface area (Å²) >= 11 is 0. The first-order valence-corrected chi connectivity index (χ1v) is 9.31. The molecule has 0 radical (unpaired) electrons. The van der Waals surface area contributed by atoms with Crippen LogP contribution < -0.4 is 9.47 Å². The van der Waals surface area contributed by atoms with Gasteiger partial charge in [0, 0.05) is 13.0 Å². The largest absolute Gasteiger partial charge is 0.497 e. The zero-order valence-electron chi connectivity index (χ0n) is 15.6.